The van der Waals surface area contributed by atoms with E-state index in [0.717, 1.165) is 0 Å². The van der Waals surface area contributed by atoms with Crippen molar-refractivity contribution in [3.8, 4) is 0 Å². The number of nitrogens with zero attached hydrogens (tertiary/aromatic N) is 2. The van der Waals surface area contributed by atoms with Crippen molar-refractivity contribution < 1.29 is 29.0 Å². The number of ether oxygens (including phenoxy) is 2. The van der Waals surface area contributed by atoms with E-state index in [2.05, 4.69) is 0 Å². The molecular weight excluding hydrogens is 280 g/mol. The van der Waals surface area contributed by atoms with Crippen LogP contribution in [0.1, 0.15) is 20.3 Å². The van der Waals surface area contributed by atoms with Crippen LogP contribution in [-0.2, 0) is 19.1 Å². The van der Waals surface area contributed by atoms with Crippen molar-refractivity contribution in [3.05, 3.63) is 0 Å². The zero-order valence-corrected chi connectivity index (χ0v) is 12.6. The maximum absolute atomic E-state index is 12.4. The highest BCUT2D eigenvalue weighted by molar-refractivity contribution is 5.86. The number of carboxylic acids is 1. The average Bonchev–Trinajstić information content (AvgIpc) is 2.88. The van der Waals surface area contributed by atoms with Gasteiger partial charge in [0, 0.05) is 26.6 Å². The predicted octanol–water partition coefficient (Wildman–Crippen LogP) is 0.165. The lowest BCUT2D eigenvalue weighted by molar-refractivity contribution is -0.143. The molecule has 0 spiro atoms. The molecule has 8 nitrogen and oxygen atoms in total. The lowest BCUT2D eigenvalue weighted by Crippen LogP contribution is -2.49. The summed E-state index contributed by atoms with van der Waals surface area (Å²) in [6.45, 7) is 3.93. The Bertz CT molecular complexity index is 400. The maximum atomic E-state index is 12.4. The molecule has 1 aliphatic heterocycles. The van der Waals surface area contributed by atoms with Gasteiger partial charge in [0.25, 0.3) is 0 Å². The third kappa shape index (κ3) is 4.32. The van der Waals surface area contributed by atoms with Crippen LogP contribution in [-0.4, -0.2) is 78.4 Å². The van der Waals surface area contributed by atoms with Crippen LogP contribution in [0.3, 0.4) is 0 Å². The number of likely N-dealkylation sites (N-methyl/N-ethyl adjacent to an activating group) is 1. The molecule has 21 heavy (non-hydrogen) atoms. The van der Waals surface area contributed by atoms with Gasteiger partial charge in [0.15, 0.2) is 0 Å². The summed E-state index contributed by atoms with van der Waals surface area (Å²) in [6.07, 6.45) is -0.0644. The van der Waals surface area contributed by atoms with E-state index in [-0.39, 0.29) is 38.8 Å². The minimum absolute atomic E-state index is 0.191. The molecule has 120 valence electrons. The monoisotopic (exact) mass is 302 g/mol. The van der Waals surface area contributed by atoms with Crippen LogP contribution >= 0.6 is 0 Å². The molecule has 1 fully saturated rings. The Balaban J connectivity index is 2.77. The maximum Gasteiger partial charge on any atom is 0.326 e. The Kier molecular flexibility index (Phi) is 6.41. The second kappa shape index (κ2) is 7.82. The van der Waals surface area contributed by atoms with E-state index in [9.17, 15) is 19.5 Å². The van der Waals surface area contributed by atoms with Crippen LogP contribution in [0, 0.1) is 0 Å². The topological polar surface area (TPSA) is 96.4 Å². The van der Waals surface area contributed by atoms with Crippen molar-refractivity contribution >= 4 is 18.0 Å². The first-order valence-electron chi connectivity index (χ1n) is 6.91. The Morgan fingerprint density at radius 2 is 2.00 bits per heavy atom. The molecule has 0 saturated carbocycles. The first-order chi connectivity index (χ1) is 9.94. The summed E-state index contributed by atoms with van der Waals surface area (Å²) >= 11 is 0. The van der Waals surface area contributed by atoms with Crippen molar-refractivity contribution in [1.82, 2.24) is 9.80 Å². The van der Waals surface area contributed by atoms with Gasteiger partial charge in [0.2, 0.25) is 0 Å². The van der Waals surface area contributed by atoms with Gasteiger partial charge in [-0.1, -0.05) is 0 Å². The summed E-state index contributed by atoms with van der Waals surface area (Å²) in [5, 5.41) is 9.21. The molecule has 0 bridgehead atoms. The molecule has 0 aromatic rings. The number of aliphatic carboxylic acids is 1. The Labute approximate surface area is 123 Å². The first-order valence-corrected chi connectivity index (χ1v) is 6.91. The molecule has 1 saturated heterocycles. The molecule has 0 aromatic heterocycles. The molecule has 2 atom stereocenters. The molecule has 1 rings (SSSR count). The molecule has 1 aliphatic rings. The van der Waals surface area contributed by atoms with Crippen LogP contribution in [0.15, 0.2) is 0 Å². The standard InChI is InChI=1S/C13H22N2O6/c1-4-14(8-11(16)21-5-2)13(19)15-7-9(20-3)6-10(15)12(17)18/h9-10H,4-8H2,1-3H3,(H,17,18). The molecule has 1 N–H and O–H groups in total. The molecule has 1 heterocycles. The van der Waals surface area contributed by atoms with E-state index in [1.807, 2.05) is 0 Å². The van der Waals surface area contributed by atoms with E-state index in [1.54, 1.807) is 13.8 Å². The van der Waals surface area contributed by atoms with Gasteiger partial charge in [-0.25, -0.2) is 9.59 Å². The molecule has 0 radical (unpaired) electrons. The average molecular weight is 302 g/mol. The number of likely N-dealkylation sites (tertiary alicyclic amines) is 1. The number of carbonyl (C=O) groups excluding carboxylic acids is 2. The first kappa shape index (κ1) is 17.2. The van der Waals surface area contributed by atoms with E-state index in [0.29, 0.717) is 0 Å². The zero-order chi connectivity index (χ0) is 16.0. The summed E-state index contributed by atoms with van der Waals surface area (Å²) in [5.41, 5.74) is 0. The van der Waals surface area contributed by atoms with Crippen molar-refractivity contribution in [2.45, 2.75) is 32.4 Å². The number of hydrogen-bond acceptors (Lipinski definition) is 5. The third-order valence-electron chi connectivity index (χ3n) is 3.40. The highest BCUT2D eigenvalue weighted by atomic mass is 16.5. The SMILES string of the molecule is CCOC(=O)CN(CC)C(=O)N1CC(OC)CC1C(=O)O. The lowest BCUT2D eigenvalue weighted by atomic mass is 10.2. The molecule has 0 aromatic carbocycles. The summed E-state index contributed by atoms with van der Waals surface area (Å²) < 4.78 is 9.95. The zero-order valence-electron chi connectivity index (χ0n) is 12.6. The van der Waals surface area contributed by atoms with Gasteiger partial charge in [-0.15, -0.1) is 0 Å². The van der Waals surface area contributed by atoms with Gasteiger partial charge in [0.1, 0.15) is 12.6 Å². The van der Waals surface area contributed by atoms with Crippen LogP contribution in [0.2, 0.25) is 0 Å². The predicted molar refractivity (Wildman–Crippen MR) is 72.8 cm³/mol. The number of carboxylic acid groups (broad SMARTS) is 1. The number of hydrogen-bond donors (Lipinski definition) is 1. The molecule has 2 unspecified atom stereocenters. The number of methoxy groups -OCH3 is 1. The fourth-order valence-electron chi connectivity index (χ4n) is 2.27. The smallest absolute Gasteiger partial charge is 0.326 e. The summed E-state index contributed by atoms with van der Waals surface area (Å²) in [6, 6.07) is -1.42. The number of esters is 1. The van der Waals surface area contributed by atoms with Gasteiger partial charge < -0.3 is 24.4 Å². The third-order valence-corrected chi connectivity index (χ3v) is 3.40. The Morgan fingerprint density at radius 3 is 2.48 bits per heavy atom. The number of rotatable bonds is 6. The Hall–Kier alpha value is -1.83. The second-order valence-electron chi connectivity index (χ2n) is 4.70. The number of carbonyl (C=O) groups is 3. The largest absolute Gasteiger partial charge is 0.480 e. The normalized spacial score (nSPS) is 21.2. The Morgan fingerprint density at radius 1 is 1.33 bits per heavy atom. The van der Waals surface area contributed by atoms with Gasteiger partial charge in [-0.05, 0) is 13.8 Å². The van der Waals surface area contributed by atoms with Crippen LogP contribution in [0.5, 0.6) is 0 Å². The quantitative estimate of drug-likeness (QED) is 0.702. The molecule has 0 aliphatic carbocycles. The molecule has 2 amide bonds. The minimum Gasteiger partial charge on any atom is -0.480 e. The minimum atomic E-state index is -1.07. The second-order valence-corrected chi connectivity index (χ2v) is 4.70. The summed E-state index contributed by atoms with van der Waals surface area (Å²) in [7, 11) is 1.48. The lowest BCUT2D eigenvalue weighted by Gasteiger charge is -2.28. The summed E-state index contributed by atoms with van der Waals surface area (Å²) in [4.78, 5) is 37.7. The van der Waals surface area contributed by atoms with Gasteiger partial charge in [-0.3, -0.25) is 4.79 Å². The van der Waals surface area contributed by atoms with E-state index in [4.69, 9.17) is 9.47 Å². The van der Waals surface area contributed by atoms with Crippen molar-refractivity contribution in [2.24, 2.45) is 0 Å². The fraction of sp³-hybridized carbons (Fsp3) is 0.769. The fourth-order valence-corrected chi connectivity index (χ4v) is 2.27. The van der Waals surface area contributed by atoms with E-state index >= 15 is 0 Å². The van der Waals surface area contributed by atoms with E-state index in [1.165, 1.54) is 16.9 Å². The number of urea groups is 1. The highest BCUT2D eigenvalue weighted by Crippen LogP contribution is 2.21. The van der Waals surface area contributed by atoms with E-state index < -0.39 is 24.0 Å². The van der Waals surface area contributed by atoms with Gasteiger partial charge in [0.05, 0.1) is 12.7 Å². The van der Waals surface area contributed by atoms with Gasteiger partial charge >= 0.3 is 18.0 Å². The van der Waals surface area contributed by atoms with Crippen molar-refractivity contribution in [1.29, 1.82) is 0 Å². The van der Waals surface area contributed by atoms with Crippen LogP contribution in [0.4, 0.5) is 4.79 Å². The highest BCUT2D eigenvalue weighted by Gasteiger charge is 2.41. The molecule has 8 heteroatoms. The summed E-state index contributed by atoms with van der Waals surface area (Å²) in [5.74, 6) is -1.59. The van der Waals surface area contributed by atoms with Crippen LogP contribution < -0.4 is 0 Å². The molecular formula is C13H22N2O6. The van der Waals surface area contributed by atoms with Gasteiger partial charge in [-0.2, -0.15) is 0 Å². The van der Waals surface area contributed by atoms with Crippen molar-refractivity contribution in [3.63, 3.8) is 0 Å². The van der Waals surface area contributed by atoms with Crippen molar-refractivity contribution in [2.75, 3.05) is 33.4 Å². The van der Waals surface area contributed by atoms with Crippen LogP contribution in [0.25, 0.3) is 0 Å². The number of amides is 2.